The highest BCUT2D eigenvalue weighted by Crippen LogP contribution is 2.13. The Hall–Kier alpha value is -1.62. The molecule has 2 fully saturated rings. The lowest BCUT2D eigenvalue weighted by atomic mass is 10.2. The van der Waals surface area contributed by atoms with E-state index in [0.29, 0.717) is 13.0 Å². The highest BCUT2D eigenvalue weighted by molar-refractivity contribution is 14.0. The van der Waals surface area contributed by atoms with Gasteiger partial charge in [0.2, 0.25) is 5.91 Å². The van der Waals surface area contributed by atoms with E-state index >= 15 is 0 Å². The van der Waals surface area contributed by atoms with E-state index in [1.807, 2.05) is 23.1 Å². The van der Waals surface area contributed by atoms with Gasteiger partial charge in [-0.1, -0.05) is 6.07 Å². The lowest BCUT2D eigenvalue weighted by molar-refractivity contribution is -0.131. The van der Waals surface area contributed by atoms with Crippen LogP contribution in [0.25, 0.3) is 0 Å². The largest absolute Gasteiger partial charge is 0.376 e. The Balaban J connectivity index is 0.00000280. The van der Waals surface area contributed by atoms with Crippen LogP contribution in [0.5, 0.6) is 0 Å². The molecule has 0 spiro atoms. The first kappa shape index (κ1) is 22.7. The Morgan fingerprint density at radius 3 is 2.75 bits per heavy atom. The maximum atomic E-state index is 12.4. The normalized spacial score (nSPS) is 19.9. The number of halogens is 1. The number of carbonyl (C=O) groups excluding carboxylic acids is 1. The van der Waals surface area contributed by atoms with E-state index in [4.69, 9.17) is 4.74 Å². The highest BCUT2D eigenvalue weighted by atomic mass is 127. The fourth-order valence-corrected chi connectivity index (χ4v) is 3.41. The van der Waals surface area contributed by atoms with Crippen molar-refractivity contribution in [3.63, 3.8) is 0 Å². The van der Waals surface area contributed by atoms with Crippen LogP contribution in [-0.4, -0.2) is 80.8 Å². The Morgan fingerprint density at radius 2 is 2.11 bits per heavy atom. The minimum absolute atomic E-state index is 0. The molecule has 0 aliphatic carbocycles. The van der Waals surface area contributed by atoms with Gasteiger partial charge in [0.15, 0.2) is 5.96 Å². The Bertz CT molecular complexity index is 616. The summed E-state index contributed by atoms with van der Waals surface area (Å²) in [5.41, 5.74) is 0. The van der Waals surface area contributed by atoms with Crippen LogP contribution in [0, 0.1) is 0 Å². The number of carbonyl (C=O) groups is 1. The van der Waals surface area contributed by atoms with Gasteiger partial charge in [-0.05, 0) is 25.0 Å². The monoisotopic (exact) mass is 502 g/mol. The number of guanidine groups is 1. The molecule has 0 aromatic carbocycles. The zero-order chi connectivity index (χ0) is 18.9. The Kier molecular flexibility index (Phi) is 9.76. The minimum Gasteiger partial charge on any atom is -0.376 e. The molecule has 3 rings (SSSR count). The third-order valence-electron chi connectivity index (χ3n) is 4.98. The molecule has 1 atom stereocenters. The fourth-order valence-electron chi connectivity index (χ4n) is 3.41. The van der Waals surface area contributed by atoms with E-state index in [-0.39, 0.29) is 36.0 Å². The molecular formula is C19H31IN6O2. The first-order valence-corrected chi connectivity index (χ1v) is 9.76. The summed E-state index contributed by atoms with van der Waals surface area (Å²) in [4.78, 5) is 25.2. The van der Waals surface area contributed by atoms with Crippen molar-refractivity contribution in [1.82, 2.24) is 20.5 Å². The summed E-state index contributed by atoms with van der Waals surface area (Å²) in [5.74, 6) is 1.88. The third kappa shape index (κ3) is 6.77. The van der Waals surface area contributed by atoms with Gasteiger partial charge in [-0.15, -0.1) is 24.0 Å². The number of piperazine rings is 1. The molecule has 2 N–H and O–H groups in total. The summed E-state index contributed by atoms with van der Waals surface area (Å²) in [6, 6.07) is 5.92. The van der Waals surface area contributed by atoms with Crippen molar-refractivity contribution < 1.29 is 9.53 Å². The number of ether oxygens (including phenoxy) is 1. The van der Waals surface area contributed by atoms with E-state index in [1.165, 1.54) is 0 Å². The number of amides is 1. The Morgan fingerprint density at radius 1 is 1.29 bits per heavy atom. The zero-order valence-corrected chi connectivity index (χ0v) is 18.8. The van der Waals surface area contributed by atoms with Crippen molar-refractivity contribution >= 4 is 41.7 Å². The summed E-state index contributed by atoms with van der Waals surface area (Å²) >= 11 is 0. The molecular weight excluding hydrogens is 471 g/mol. The van der Waals surface area contributed by atoms with Crippen LogP contribution >= 0.6 is 24.0 Å². The van der Waals surface area contributed by atoms with Crippen molar-refractivity contribution in [2.45, 2.75) is 25.4 Å². The molecule has 3 heterocycles. The van der Waals surface area contributed by atoms with Crippen LogP contribution in [0.15, 0.2) is 29.4 Å². The molecule has 2 aliphatic rings. The number of hydrogen-bond acceptors (Lipinski definition) is 5. The third-order valence-corrected chi connectivity index (χ3v) is 4.98. The van der Waals surface area contributed by atoms with E-state index in [2.05, 4.69) is 25.5 Å². The van der Waals surface area contributed by atoms with Gasteiger partial charge in [0.25, 0.3) is 0 Å². The van der Waals surface area contributed by atoms with E-state index in [0.717, 1.165) is 63.9 Å². The number of aromatic nitrogens is 1. The summed E-state index contributed by atoms with van der Waals surface area (Å²) in [6.45, 7) is 5.29. The van der Waals surface area contributed by atoms with Gasteiger partial charge in [0.05, 0.1) is 6.10 Å². The van der Waals surface area contributed by atoms with Crippen molar-refractivity contribution in [3.05, 3.63) is 24.4 Å². The molecule has 0 radical (unpaired) electrons. The van der Waals surface area contributed by atoms with Crippen molar-refractivity contribution in [2.24, 2.45) is 4.99 Å². The smallest absolute Gasteiger partial charge is 0.224 e. The highest BCUT2D eigenvalue weighted by Gasteiger charge is 2.21. The number of hydrogen-bond donors (Lipinski definition) is 2. The molecule has 1 aromatic rings. The summed E-state index contributed by atoms with van der Waals surface area (Å²) in [7, 11) is 1.74. The topological polar surface area (TPSA) is 82.1 Å². The van der Waals surface area contributed by atoms with Crippen LogP contribution in [0.3, 0.4) is 0 Å². The van der Waals surface area contributed by atoms with Gasteiger partial charge in [-0.25, -0.2) is 4.98 Å². The quantitative estimate of drug-likeness (QED) is 0.345. The first-order chi connectivity index (χ1) is 13.3. The number of nitrogens with one attached hydrogen (secondary N) is 2. The van der Waals surface area contributed by atoms with Gasteiger partial charge >= 0.3 is 0 Å². The van der Waals surface area contributed by atoms with Crippen LogP contribution < -0.4 is 15.5 Å². The van der Waals surface area contributed by atoms with Gasteiger partial charge in [0, 0.05) is 65.5 Å². The number of rotatable bonds is 6. The maximum absolute atomic E-state index is 12.4. The first-order valence-electron chi connectivity index (χ1n) is 9.76. The van der Waals surface area contributed by atoms with Gasteiger partial charge < -0.3 is 25.2 Å². The maximum Gasteiger partial charge on any atom is 0.224 e. The van der Waals surface area contributed by atoms with Crippen LogP contribution in [0.4, 0.5) is 5.82 Å². The summed E-state index contributed by atoms with van der Waals surface area (Å²) in [6.07, 6.45) is 4.75. The molecule has 1 aromatic heterocycles. The van der Waals surface area contributed by atoms with Gasteiger partial charge in [0.1, 0.15) is 5.82 Å². The molecule has 28 heavy (non-hydrogen) atoms. The summed E-state index contributed by atoms with van der Waals surface area (Å²) < 4.78 is 5.60. The number of pyridine rings is 1. The van der Waals surface area contributed by atoms with Crippen molar-refractivity contribution in [1.29, 1.82) is 0 Å². The average molecular weight is 502 g/mol. The second-order valence-corrected chi connectivity index (χ2v) is 6.82. The lowest BCUT2D eigenvalue weighted by Crippen LogP contribution is -2.49. The molecule has 0 bridgehead atoms. The molecule has 8 nitrogen and oxygen atoms in total. The SMILES string of the molecule is CN=C(NCCC(=O)N1CCN(c2ccccn2)CC1)NCC1CCCO1.I. The van der Waals surface area contributed by atoms with Crippen LogP contribution in [0.2, 0.25) is 0 Å². The van der Waals surface area contributed by atoms with Crippen LogP contribution in [-0.2, 0) is 9.53 Å². The Labute approximate surface area is 184 Å². The predicted molar refractivity (Wildman–Crippen MR) is 121 cm³/mol. The van der Waals surface area contributed by atoms with Gasteiger partial charge in [-0.2, -0.15) is 0 Å². The van der Waals surface area contributed by atoms with Crippen LogP contribution in [0.1, 0.15) is 19.3 Å². The molecule has 1 unspecified atom stereocenters. The number of aliphatic imine (C=N–C) groups is 1. The van der Waals surface area contributed by atoms with Crippen molar-refractivity contribution in [2.75, 3.05) is 57.8 Å². The fraction of sp³-hybridized carbons (Fsp3) is 0.632. The van der Waals surface area contributed by atoms with E-state index in [1.54, 1.807) is 13.2 Å². The predicted octanol–water partition coefficient (Wildman–Crippen LogP) is 1.08. The zero-order valence-electron chi connectivity index (χ0n) is 16.5. The van der Waals surface area contributed by atoms with E-state index < -0.39 is 0 Å². The second kappa shape index (κ2) is 12.1. The minimum atomic E-state index is 0. The molecule has 2 aliphatic heterocycles. The summed E-state index contributed by atoms with van der Waals surface area (Å²) in [5, 5.41) is 6.48. The molecule has 1 amide bonds. The number of anilines is 1. The molecule has 156 valence electrons. The van der Waals surface area contributed by atoms with Gasteiger partial charge in [-0.3, -0.25) is 9.79 Å². The average Bonchev–Trinajstić information content (AvgIpc) is 3.25. The van der Waals surface area contributed by atoms with E-state index in [9.17, 15) is 4.79 Å². The lowest BCUT2D eigenvalue weighted by Gasteiger charge is -2.35. The van der Waals surface area contributed by atoms with Crippen molar-refractivity contribution in [3.8, 4) is 0 Å². The number of nitrogens with zero attached hydrogens (tertiary/aromatic N) is 4. The standard InChI is InChI=1S/C19H30N6O2.HI/c1-20-19(23-15-16-5-4-14-27-16)22-9-7-18(26)25-12-10-24(11-13-25)17-6-2-3-8-21-17;/h2-3,6,8,16H,4-5,7,9-15H2,1H3,(H2,20,22,23);1H. The molecule has 2 saturated heterocycles. The molecule has 0 saturated carbocycles. The molecule has 9 heteroatoms. The second-order valence-electron chi connectivity index (χ2n) is 6.82.